The van der Waals surface area contributed by atoms with Crippen LogP contribution in [0.1, 0.15) is 31.4 Å². The summed E-state index contributed by atoms with van der Waals surface area (Å²) in [5, 5.41) is 0. The van der Waals surface area contributed by atoms with Crippen molar-refractivity contribution >= 4 is 21.6 Å². The Morgan fingerprint density at radius 1 is 1.33 bits per heavy atom. The lowest BCUT2D eigenvalue weighted by molar-refractivity contribution is 0.0305. The summed E-state index contributed by atoms with van der Waals surface area (Å²) in [5.41, 5.74) is 8.37. The van der Waals surface area contributed by atoms with Gasteiger partial charge in [0.1, 0.15) is 0 Å². The highest BCUT2D eigenvalue weighted by Crippen LogP contribution is 2.32. The molecular weight excluding hydrogens is 292 g/mol. The van der Waals surface area contributed by atoms with Crippen LogP contribution in [0.2, 0.25) is 0 Å². The van der Waals surface area contributed by atoms with Gasteiger partial charge < -0.3 is 15.4 Å². The number of hydrogen-bond acceptors (Lipinski definition) is 3. The number of halogens is 1. The van der Waals surface area contributed by atoms with E-state index in [4.69, 9.17) is 10.5 Å². The Bertz CT molecular complexity index is 437. The number of nitrogens with zero attached hydrogens (tertiary/aromatic N) is 1. The molecule has 2 N–H and O–H groups in total. The minimum atomic E-state index is 0.0642. The van der Waals surface area contributed by atoms with Crippen LogP contribution in [0.5, 0.6) is 0 Å². The average molecular weight is 311 g/mol. The van der Waals surface area contributed by atoms with Gasteiger partial charge in [0, 0.05) is 29.3 Å². The summed E-state index contributed by atoms with van der Waals surface area (Å²) in [7, 11) is 0. The van der Waals surface area contributed by atoms with Gasteiger partial charge in [-0.15, -0.1) is 0 Å². The summed E-state index contributed by atoms with van der Waals surface area (Å²) >= 11 is 3.62. The van der Waals surface area contributed by atoms with E-state index in [-0.39, 0.29) is 6.04 Å². The number of anilines is 1. The summed E-state index contributed by atoms with van der Waals surface area (Å²) in [5.74, 6) is 0. The zero-order valence-electron chi connectivity index (χ0n) is 10.6. The molecule has 2 heterocycles. The molecule has 0 amide bonds. The standard InChI is InChI=1S/C14H19BrN2O/c1-9(16)13-5-2-10(6-14(13)15)17-7-11-3-4-12(8-17)18-11/h2,5-6,9,11-12H,3-4,7-8,16H2,1H3/t9-,11?,12?/m1/s1. The highest BCUT2D eigenvalue weighted by atomic mass is 79.9. The number of nitrogens with two attached hydrogens (primary N) is 1. The quantitative estimate of drug-likeness (QED) is 0.913. The minimum Gasteiger partial charge on any atom is -0.371 e. The second kappa shape index (κ2) is 4.83. The maximum absolute atomic E-state index is 5.93. The fourth-order valence-corrected chi connectivity index (χ4v) is 3.64. The van der Waals surface area contributed by atoms with Crippen molar-refractivity contribution in [2.45, 2.75) is 38.0 Å². The van der Waals surface area contributed by atoms with Crippen LogP contribution >= 0.6 is 15.9 Å². The number of hydrogen-bond donors (Lipinski definition) is 1. The zero-order valence-corrected chi connectivity index (χ0v) is 12.2. The number of rotatable bonds is 2. The SMILES string of the molecule is C[C@@H](N)c1ccc(N2CC3CCC(C2)O3)cc1Br. The van der Waals surface area contributed by atoms with Crippen molar-refractivity contribution in [2.24, 2.45) is 5.73 Å². The second-order valence-corrected chi connectivity index (χ2v) is 6.21. The molecule has 1 aromatic rings. The largest absolute Gasteiger partial charge is 0.371 e. The molecule has 3 rings (SSSR count). The first-order chi connectivity index (χ1) is 8.63. The Kier molecular flexibility index (Phi) is 3.34. The van der Waals surface area contributed by atoms with E-state index < -0.39 is 0 Å². The molecule has 98 valence electrons. The Morgan fingerprint density at radius 2 is 2.00 bits per heavy atom. The Labute approximate surface area is 116 Å². The molecule has 4 heteroatoms. The number of ether oxygens (including phenoxy) is 1. The molecular formula is C14H19BrN2O. The Hall–Kier alpha value is -0.580. The zero-order chi connectivity index (χ0) is 12.7. The third-order valence-corrected chi connectivity index (χ3v) is 4.57. The second-order valence-electron chi connectivity index (χ2n) is 5.36. The van der Waals surface area contributed by atoms with Gasteiger partial charge in [0.05, 0.1) is 12.2 Å². The van der Waals surface area contributed by atoms with Crippen molar-refractivity contribution in [1.29, 1.82) is 0 Å². The summed E-state index contributed by atoms with van der Waals surface area (Å²) in [6.45, 7) is 4.04. The van der Waals surface area contributed by atoms with E-state index in [9.17, 15) is 0 Å². The van der Waals surface area contributed by atoms with Crippen LogP contribution in [0.15, 0.2) is 22.7 Å². The first-order valence-electron chi connectivity index (χ1n) is 6.59. The molecule has 2 bridgehead atoms. The molecule has 0 radical (unpaired) electrons. The molecule has 0 aromatic heterocycles. The molecule has 3 atom stereocenters. The number of morpholine rings is 1. The molecule has 2 saturated heterocycles. The lowest BCUT2D eigenvalue weighted by Crippen LogP contribution is -2.42. The monoisotopic (exact) mass is 310 g/mol. The van der Waals surface area contributed by atoms with Crippen LogP contribution in [0.3, 0.4) is 0 Å². The van der Waals surface area contributed by atoms with E-state index in [1.165, 1.54) is 18.5 Å². The van der Waals surface area contributed by atoms with Crippen molar-refractivity contribution in [2.75, 3.05) is 18.0 Å². The summed E-state index contributed by atoms with van der Waals surface area (Å²) in [4.78, 5) is 2.43. The van der Waals surface area contributed by atoms with Gasteiger partial charge in [-0.2, -0.15) is 0 Å². The predicted octanol–water partition coefficient (Wildman–Crippen LogP) is 2.84. The summed E-state index contributed by atoms with van der Waals surface area (Å²) < 4.78 is 6.97. The normalized spacial score (nSPS) is 28.5. The van der Waals surface area contributed by atoms with E-state index in [1.807, 2.05) is 6.92 Å². The molecule has 2 fully saturated rings. The van der Waals surface area contributed by atoms with Crippen LogP contribution < -0.4 is 10.6 Å². The van der Waals surface area contributed by atoms with Gasteiger partial charge in [-0.3, -0.25) is 0 Å². The third kappa shape index (κ3) is 2.29. The molecule has 2 unspecified atom stereocenters. The van der Waals surface area contributed by atoms with Crippen molar-refractivity contribution in [1.82, 2.24) is 0 Å². The first kappa shape index (κ1) is 12.5. The van der Waals surface area contributed by atoms with Crippen molar-refractivity contribution < 1.29 is 4.74 Å². The van der Waals surface area contributed by atoms with E-state index in [2.05, 4.69) is 39.0 Å². The smallest absolute Gasteiger partial charge is 0.0755 e. The molecule has 0 saturated carbocycles. The van der Waals surface area contributed by atoms with Crippen molar-refractivity contribution in [3.8, 4) is 0 Å². The van der Waals surface area contributed by atoms with E-state index >= 15 is 0 Å². The van der Waals surface area contributed by atoms with Crippen LogP contribution in [-0.2, 0) is 4.74 Å². The first-order valence-corrected chi connectivity index (χ1v) is 7.38. The predicted molar refractivity (Wildman–Crippen MR) is 76.9 cm³/mol. The summed E-state index contributed by atoms with van der Waals surface area (Å²) in [6.07, 6.45) is 3.27. The van der Waals surface area contributed by atoms with E-state index in [1.54, 1.807) is 0 Å². The molecule has 2 aliphatic rings. The third-order valence-electron chi connectivity index (χ3n) is 3.88. The van der Waals surface area contributed by atoms with Gasteiger partial charge in [0.25, 0.3) is 0 Å². The Morgan fingerprint density at radius 3 is 2.56 bits per heavy atom. The highest BCUT2D eigenvalue weighted by molar-refractivity contribution is 9.10. The number of fused-ring (bicyclic) bond motifs is 2. The van der Waals surface area contributed by atoms with Crippen molar-refractivity contribution in [3.05, 3.63) is 28.2 Å². The van der Waals surface area contributed by atoms with Crippen LogP contribution in [-0.4, -0.2) is 25.3 Å². The maximum Gasteiger partial charge on any atom is 0.0755 e. The maximum atomic E-state index is 5.93. The van der Waals surface area contributed by atoms with Gasteiger partial charge in [-0.05, 0) is 37.5 Å². The summed E-state index contributed by atoms with van der Waals surface area (Å²) in [6, 6.07) is 6.55. The lowest BCUT2D eigenvalue weighted by Gasteiger charge is -2.34. The number of benzene rings is 1. The molecule has 2 aliphatic heterocycles. The highest BCUT2D eigenvalue weighted by Gasteiger charge is 2.33. The topological polar surface area (TPSA) is 38.5 Å². The Balaban J connectivity index is 1.82. The lowest BCUT2D eigenvalue weighted by atomic mass is 10.1. The fraction of sp³-hybridized carbons (Fsp3) is 0.571. The molecule has 3 nitrogen and oxygen atoms in total. The van der Waals surface area contributed by atoms with E-state index in [0.717, 1.165) is 23.1 Å². The molecule has 0 aliphatic carbocycles. The van der Waals surface area contributed by atoms with Gasteiger partial charge >= 0.3 is 0 Å². The van der Waals surface area contributed by atoms with Gasteiger partial charge in [0.2, 0.25) is 0 Å². The molecule has 0 spiro atoms. The van der Waals surface area contributed by atoms with Crippen LogP contribution in [0.25, 0.3) is 0 Å². The van der Waals surface area contributed by atoms with Crippen molar-refractivity contribution in [3.63, 3.8) is 0 Å². The fourth-order valence-electron chi connectivity index (χ4n) is 2.91. The van der Waals surface area contributed by atoms with Crippen LogP contribution in [0.4, 0.5) is 5.69 Å². The van der Waals surface area contributed by atoms with Gasteiger partial charge in [-0.25, -0.2) is 0 Å². The van der Waals surface area contributed by atoms with Crippen LogP contribution in [0, 0.1) is 0 Å². The minimum absolute atomic E-state index is 0.0642. The average Bonchev–Trinajstić information content (AvgIpc) is 2.67. The molecule has 18 heavy (non-hydrogen) atoms. The van der Waals surface area contributed by atoms with E-state index in [0.29, 0.717) is 12.2 Å². The van der Waals surface area contributed by atoms with Gasteiger partial charge in [-0.1, -0.05) is 22.0 Å². The molecule has 1 aromatic carbocycles. The van der Waals surface area contributed by atoms with Gasteiger partial charge in [0.15, 0.2) is 0 Å².